The van der Waals surface area contributed by atoms with Gasteiger partial charge in [0.25, 0.3) is 0 Å². The number of urea groups is 1. The van der Waals surface area contributed by atoms with Crippen molar-refractivity contribution in [2.45, 2.75) is 45.6 Å². The first-order valence-electron chi connectivity index (χ1n) is 8.46. The number of hydrogen-bond donors (Lipinski definition) is 2. The Balaban J connectivity index is 1.83. The highest BCUT2D eigenvalue weighted by molar-refractivity contribution is 5.73. The number of carbonyl (C=O) groups is 1. The molecule has 1 aromatic heterocycles. The minimum absolute atomic E-state index is 0.0887. The van der Waals surface area contributed by atoms with Gasteiger partial charge in [0.15, 0.2) is 0 Å². The molecule has 124 valence electrons. The second kappa shape index (κ2) is 8.83. The van der Waals surface area contributed by atoms with Gasteiger partial charge in [-0.3, -0.25) is 4.90 Å². The molecule has 0 spiro atoms. The summed E-state index contributed by atoms with van der Waals surface area (Å²) < 4.78 is 5.58. The molecular formula is C17H29N3O2. The first-order valence-corrected chi connectivity index (χ1v) is 8.46. The maximum Gasteiger partial charge on any atom is 0.314 e. The molecule has 1 unspecified atom stereocenters. The third-order valence-electron chi connectivity index (χ3n) is 4.17. The molecule has 0 saturated carbocycles. The highest BCUT2D eigenvalue weighted by atomic mass is 16.3. The maximum absolute atomic E-state index is 11.9. The Morgan fingerprint density at radius 1 is 1.27 bits per heavy atom. The van der Waals surface area contributed by atoms with E-state index in [4.69, 9.17) is 4.42 Å². The largest absolute Gasteiger partial charge is 0.468 e. The quantitative estimate of drug-likeness (QED) is 0.813. The zero-order chi connectivity index (χ0) is 15.8. The Labute approximate surface area is 133 Å². The molecule has 1 aromatic rings. The summed E-state index contributed by atoms with van der Waals surface area (Å²) in [5.41, 5.74) is 0. The zero-order valence-electron chi connectivity index (χ0n) is 13.8. The highest BCUT2D eigenvalue weighted by Gasteiger charge is 2.24. The van der Waals surface area contributed by atoms with Crippen LogP contribution >= 0.6 is 0 Å². The van der Waals surface area contributed by atoms with Crippen LogP contribution in [0.1, 0.15) is 51.3 Å². The Kier molecular flexibility index (Phi) is 6.77. The van der Waals surface area contributed by atoms with Gasteiger partial charge < -0.3 is 15.1 Å². The van der Waals surface area contributed by atoms with Gasteiger partial charge in [0.1, 0.15) is 5.76 Å². The molecule has 1 atom stereocenters. The van der Waals surface area contributed by atoms with Crippen LogP contribution in [-0.2, 0) is 0 Å². The Hall–Kier alpha value is -1.49. The number of carbonyl (C=O) groups excluding carboxylic acids is 1. The van der Waals surface area contributed by atoms with Gasteiger partial charge in [0.2, 0.25) is 0 Å². The molecule has 0 aliphatic carbocycles. The second-order valence-corrected chi connectivity index (χ2v) is 6.45. The van der Waals surface area contributed by atoms with Crippen LogP contribution < -0.4 is 10.6 Å². The van der Waals surface area contributed by atoms with Gasteiger partial charge in [-0.2, -0.15) is 0 Å². The fraction of sp³-hybridized carbons (Fsp3) is 0.706. The molecule has 5 heteroatoms. The first kappa shape index (κ1) is 16.9. The monoisotopic (exact) mass is 307 g/mol. The highest BCUT2D eigenvalue weighted by Crippen LogP contribution is 2.24. The van der Waals surface area contributed by atoms with Gasteiger partial charge in [-0.1, -0.05) is 20.3 Å². The molecule has 2 N–H and O–H groups in total. The second-order valence-electron chi connectivity index (χ2n) is 6.45. The van der Waals surface area contributed by atoms with E-state index in [1.165, 1.54) is 19.3 Å². The summed E-state index contributed by atoms with van der Waals surface area (Å²) in [6.45, 7) is 7.76. The van der Waals surface area contributed by atoms with E-state index in [-0.39, 0.29) is 12.1 Å². The van der Waals surface area contributed by atoms with Crippen LogP contribution in [0.2, 0.25) is 0 Å². The molecule has 2 amide bonds. The van der Waals surface area contributed by atoms with Crippen molar-refractivity contribution in [3.05, 3.63) is 24.2 Å². The molecule has 1 saturated heterocycles. The fourth-order valence-electron chi connectivity index (χ4n) is 2.85. The van der Waals surface area contributed by atoms with Gasteiger partial charge >= 0.3 is 6.03 Å². The van der Waals surface area contributed by atoms with E-state index < -0.39 is 0 Å². The summed E-state index contributed by atoms with van der Waals surface area (Å²) in [6, 6.07) is 3.95. The molecule has 1 aliphatic heterocycles. The topological polar surface area (TPSA) is 57.5 Å². The lowest BCUT2D eigenvalue weighted by Crippen LogP contribution is -2.43. The van der Waals surface area contributed by atoms with E-state index >= 15 is 0 Å². The van der Waals surface area contributed by atoms with Crippen molar-refractivity contribution in [2.24, 2.45) is 5.92 Å². The molecule has 5 nitrogen and oxygen atoms in total. The van der Waals surface area contributed by atoms with E-state index in [1.807, 2.05) is 12.1 Å². The smallest absolute Gasteiger partial charge is 0.314 e. The van der Waals surface area contributed by atoms with Crippen LogP contribution in [0, 0.1) is 5.92 Å². The van der Waals surface area contributed by atoms with Crippen molar-refractivity contribution in [1.29, 1.82) is 0 Å². The number of amides is 2. The molecule has 1 fully saturated rings. The maximum atomic E-state index is 11.9. The lowest BCUT2D eigenvalue weighted by Gasteiger charge is -2.33. The predicted molar refractivity (Wildman–Crippen MR) is 87.7 cm³/mol. The number of nitrogens with zero attached hydrogens (tertiary/aromatic N) is 1. The molecule has 22 heavy (non-hydrogen) atoms. The molecule has 2 heterocycles. The van der Waals surface area contributed by atoms with Gasteiger partial charge in [0.05, 0.1) is 12.3 Å². The number of piperidine rings is 1. The summed E-state index contributed by atoms with van der Waals surface area (Å²) in [5.74, 6) is 1.54. The molecular weight excluding hydrogens is 278 g/mol. The number of furan rings is 1. The van der Waals surface area contributed by atoms with Crippen LogP contribution in [0.15, 0.2) is 22.8 Å². The van der Waals surface area contributed by atoms with Gasteiger partial charge in [0, 0.05) is 13.1 Å². The van der Waals surface area contributed by atoms with Crippen molar-refractivity contribution < 1.29 is 9.21 Å². The summed E-state index contributed by atoms with van der Waals surface area (Å²) in [5, 5.41) is 5.91. The van der Waals surface area contributed by atoms with Crippen molar-refractivity contribution in [1.82, 2.24) is 15.5 Å². The Bertz CT molecular complexity index is 425. The lowest BCUT2D eigenvalue weighted by molar-refractivity contribution is 0.143. The fourth-order valence-corrected chi connectivity index (χ4v) is 2.85. The van der Waals surface area contributed by atoms with Crippen molar-refractivity contribution in [3.63, 3.8) is 0 Å². The Morgan fingerprint density at radius 3 is 2.68 bits per heavy atom. The van der Waals surface area contributed by atoms with Crippen molar-refractivity contribution in [3.8, 4) is 0 Å². The predicted octanol–water partition coefficient (Wildman–Crippen LogP) is 3.15. The van der Waals surface area contributed by atoms with E-state index in [0.29, 0.717) is 12.5 Å². The van der Waals surface area contributed by atoms with Crippen LogP contribution in [0.5, 0.6) is 0 Å². The summed E-state index contributed by atoms with van der Waals surface area (Å²) in [7, 11) is 0. The number of nitrogens with one attached hydrogen (secondary N) is 2. The van der Waals surface area contributed by atoms with Gasteiger partial charge in [-0.25, -0.2) is 4.79 Å². The van der Waals surface area contributed by atoms with E-state index in [9.17, 15) is 4.79 Å². The van der Waals surface area contributed by atoms with Crippen LogP contribution in [0.25, 0.3) is 0 Å². The minimum atomic E-state index is -0.0887. The van der Waals surface area contributed by atoms with Crippen molar-refractivity contribution >= 4 is 6.03 Å². The van der Waals surface area contributed by atoms with Crippen molar-refractivity contribution in [2.75, 3.05) is 26.2 Å². The van der Waals surface area contributed by atoms with Crippen LogP contribution in [0.3, 0.4) is 0 Å². The molecule has 0 bridgehead atoms. The van der Waals surface area contributed by atoms with E-state index in [1.54, 1.807) is 6.26 Å². The number of rotatable bonds is 7. The summed E-state index contributed by atoms with van der Waals surface area (Å²) in [4.78, 5) is 14.3. The molecule has 2 rings (SSSR count). The van der Waals surface area contributed by atoms with E-state index in [2.05, 4.69) is 29.4 Å². The normalized spacial score (nSPS) is 17.4. The number of hydrogen-bond acceptors (Lipinski definition) is 3. The third-order valence-corrected chi connectivity index (χ3v) is 4.17. The average molecular weight is 307 g/mol. The number of likely N-dealkylation sites (tertiary alicyclic amines) is 1. The first-order chi connectivity index (χ1) is 10.7. The molecule has 0 aromatic carbocycles. The lowest BCUT2D eigenvalue weighted by atomic mass is 10.1. The van der Waals surface area contributed by atoms with Gasteiger partial charge in [-0.05, 0) is 50.4 Å². The standard InChI is InChI=1S/C17H29N3O2/c1-14(2)8-9-18-17(21)19-13-15(16-7-6-12-22-16)20-10-4-3-5-11-20/h6-7,12,14-15H,3-5,8-11,13H2,1-2H3,(H2,18,19,21). The minimum Gasteiger partial charge on any atom is -0.468 e. The third kappa shape index (κ3) is 5.37. The van der Waals surface area contributed by atoms with Crippen LogP contribution in [-0.4, -0.2) is 37.1 Å². The zero-order valence-corrected chi connectivity index (χ0v) is 13.8. The average Bonchev–Trinajstić information content (AvgIpc) is 3.02. The van der Waals surface area contributed by atoms with Gasteiger partial charge in [-0.15, -0.1) is 0 Å². The molecule has 1 aliphatic rings. The summed E-state index contributed by atoms with van der Waals surface area (Å²) >= 11 is 0. The van der Waals surface area contributed by atoms with E-state index in [0.717, 1.165) is 31.8 Å². The SMILES string of the molecule is CC(C)CCNC(=O)NCC(c1ccco1)N1CCCCC1. The Morgan fingerprint density at radius 2 is 2.05 bits per heavy atom. The summed E-state index contributed by atoms with van der Waals surface area (Å²) in [6.07, 6.45) is 6.44. The molecule has 0 radical (unpaired) electrons. The van der Waals surface area contributed by atoms with Crippen LogP contribution in [0.4, 0.5) is 4.79 Å².